The highest BCUT2D eigenvalue weighted by Gasteiger charge is 2.38. The first kappa shape index (κ1) is 19.5. The molecule has 0 aromatic carbocycles. The van der Waals surface area contributed by atoms with Gasteiger partial charge in [0.25, 0.3) is 0 Å². The van der Waals surface area contributed by atoms with Crippen LogP contribution in [-0.4, -0.2) is 35.3 Å². The summed E-state index contributed by atoms with van der Waals surface area (Å²) in [6.07, 6.45) is -0.326. The molecule has 0 unspecified atom stereocenters. The van der Waals surface area contributed by atoms with E-state index >= 15 is 0 Å². The van der Waals surface area contributed by atoms with E-state index in [1.807, 2.05) is 0 Å². The molecule has 0 rings (SSSR count). The molecule has 0 radical (unpaired) electrons. The molecule has 1 amide bonds. The van der Waals surface area contributed by atoms with Crippen LogP contribution in [0, 0.1) is 0 Å². The van der Waals surface area contributed by atoms with Gasteiger partial charge in [0.15, 0.2) is 0 Å². The largest absolute Gasteiger partial charge is 0.403 e. The third kappa shape index (κ3) is 7.32. The summed E-state index contributed by atoms with van der Waals surface area (Å²) in [5.41, 5.74) is 0. The van der Waals surface area contributed by atoms with Crippen LogP contribution in [0.3, 0.4) is 0 Å². The third-order valence-electron chi connectivity index (χ3n) is 2.31. The van der Waals surface area contributed by atoms with Crippen LogP contribution < -0.4 is 5.32 Å². The Morgan fingerprint density at radius 2 is 1.41 bits per heavy atom. The Labute approximate surface area is 127 Å². The van der Waals surface area contributed by atoms with Gasteiger partial charge in [-0.3, -0.25) is 29.3 Å². The van der Waals surface area contributed by atoms with E-state index in [0.29, 0.717) is 0 Å². The Morgan fingerprint density at radius 1 is 1.00 bits per heavy atom. The van der Waals surface area contributed by atoms with Crippen LogP contribution in [0.15, 0.2) is 12.7 Å². The van der Waals surface area contributed by atoms with E-state index in [1.54, 1.807) is 0 Å². The summed E-state index contributed by atoms with van der Waals surface area (Å²) < 4.78 is 9.86. The van der Waals surface area contributed by atoms with Crippen molar-refractivity contribution in [1.82, 2.24) is 5.32 Å². The zero-order chi connectivity index (χ0) is 17.3. The molecule has 8 nitrogen and oxygen atoms in total. The standard InChI is InChI=1S/C14H19NO7/c1-5-11(18)15-14(6-2,21-12(19)7-9(3)16)22-13(20)8-10(4)17/h5H,1,6-8H2,2-4H3,(H,15,18). The summed E-state index contributed by atoms with van der Waals surface area (Å²) in [6.45, 7) is 7.07. The Bertz CT molecular complexity index is 465. The molecule has 0 aromatic heterocycles. The monoisotopic (exact) mass is 313 g/mol. The molecule has 0 aliphatic carbocycles. The van der Waals surface area contributed by atoms with Gasteiger partial charge >= 0.3 is 17.8 Å². The van der Waals surface area contributed by atoms with Gasteiger partial charge in [-0.05, 0) is 19.9 Å². The van der Waals surface area contributed by atoms with Crippen molar-refractivity contribution in [1.29, 1.82) is 0 Å². The van der Waals surface area contributed by atoms with Crippen molar-refractivity contribution in [2.24, 2.45) is 0 Å². The van der Waals surface area contributed by atoms with Crippen molar-refractivity contribution in [3.05, 3.63) is 12.7 Å². The van der Waals surface area contributed by atoms with Crippen molar-refractivity contribution in [2.75, 3.05) is 0 Å². The lowest BCUT2D eigenvalue weighted by Crippen LogP contribution is -2.54. The lowest BCUT2D eigenvalue weighted by Gasteiger charge is -2.31. The highest BCUT2D eigenvalue weighted by atomic mass is 16.8. The van der Waals surface area contributed by atoms with Gasteiger partial charge in [0.05, 0.1) is 0 Å². The summed E-state index contributed by atoms with van der Waals surface area (Å²) in [5.74, 6) is -5.72. The number of ketones is 2. The number of esters is 2. The molecule has 122 valence electrons. The molecule has 0 saturated carbocycles. The fraction of sp³-hybridized carbons (Fsp3) is 0.500. The highest BCUT2D eigenvalue weighted by molar-refractivity contribution is 5.95. The van der Waals surface area contributed by atoms with Crippen molar-refractivity contribution >= 4 is 29.4 Å². The van der Waals surface area contributed by atoms with Crippen LogP contribution in [0.1, 0.15) is 40.0 Å². The first-order valence-corrected chi connectivity index (χ1v) is 6.51. The van der Waals surface area contributed by atoms with Crippen molar-refractivity contribution < 1.29 is 33.4 Å². The molecule has 0 aromatic rings. The quantitative estimate of drug-likeness (QED) is 0.283. The zero-order valence-corrected chi connectivity index (χ0v) is 12.8. The molecule has 0 fully saturated rings. The number of rotatable bonds is 9. The van der Waals surface area contributed by atoms with Crippen LogP contribution in [0.5, 0.6) is 0 Å². The average molecular weight is 313 g/mol. The van der Waals surface area contributed by atoms with Gasteiger partial charge in [0.2, 0.25) is 5.91 Å². The number of carbonyl (C=O) groups is 5. The second kappa shape index (κ2) is 8.71. The van der Waals surface area contributed by atoms with Gasteiger partial charge in [0.1, 0.15) is 24.4 Å². The van der Waals surface area contributed by atoms with E-state index in [2.05, 4.69) is 11.9 Å². The van der Waals surface area contributed by atoms with Crippen LogP contribution in [0.25, 0.3) is 0 Å². The SMILES string of the molecule is C=CC(=O)NC(CC)(OC(=O)CC(C)=O)OC(=O)CC(C)=O. The summed E-state index contributed by atoms with van der Waals surface area (Å²) in [6, 6.07) is 0. The summed E-state index contributed by atoms with van der Waals surface area (Å²) in [5, 5.41) is 2.17. The summed E-state index contributed by atoms with van der Waals surface area (Å²) in [4.78, 5) is 56.5. The second-order valence-corrected chi connectivity index (χ2v) is 4.51. The number of Topliss-reactive ketones (excluding diaryl/α,β-unsaturated/α-hetero) is 2. The Balaban J connectivity index is 5.23. The molecule has 0 spiro atoms. The molecule has 0 atom stereocenters. The Kier molecular flexibility index (Phi) is 7.71. The van der Waals surface area contributed by atoms with Crippen LogP contribution >= 0.6 is 0 Å². The predicted octanol–water partition coefficient (Wildman–Crippen LogP) is 0.397. The van der Waals surface area contributed by atoms with E-state index in [9.17, 15) is 24.0 Å². The average Bonchev–Trinajstić information content (AvgIpc) is 2.35. The van der Waals surface area contributed by atoms with E-state index < -0.39 is 48.2 Å². The van der Waals surface area contributed by atoms with Gasteiger partial charge in [-0.15, -0.1) is 0 Å². The predicted molar refractivity (Wildman–Crippen MR) is 74.1 cm³/mol. The fourth-order valence-electron chi connectivity index (χ4n) is 1.39. The van der Waals surface area contributed by atoms with Gasteiger partial charge in [0, 0.05) is 6.42 Å². The second-order valence-electron chi connectivity index (χ2n) is 4.51. The van der Waals surface area contributed by atoms with Crippen LogP contribution in [-0.2, 0) is 33.4 Å². The molecule has 0 heterocycles. The summed E-state index contributed by atoms with van der Waals surface area (Å²) in [7, 11) is 0. The van der Waals surface area contributed by atoms with E-state index in [0.717, 1.165) is 6.08 Å². The smallest absolute Gasteiger partial charge is 0.342 e. The third-order valence-corrected chi connectivity index (χ3v) is 2.31. The number of hydrogen-bond donors (Lipinski definition) is 1. The van der Waals surface area contributed by atoms with Crippen LogP contribution in [0.2, 0.25) is 0 Å². The minimum absolute atomic E-state index is 0.125. The molecular formula is C14H19NO7. The molecule has 0 aliphatic heterocycles. The molecular weight excluding hydrogens is 294 g/mol. The fourth-order valence-corrected chi connectivity index (χ4v) is 1.39. The lowest BCUT2D eigenvalue weighted by atomic mass is 10.3. The van der Waals surface area contributed by atoms with E-state index in [1.165, 1.54) is 20.8 Å². The van der Waals surface area contributed by atoms with E-state index in [4.69, 9.17) is 9.47 Å². The number of hydrogen-bond acceptors (Lipinski definition) is 7. The van der Waals surface area contributed by atoms with Crippen molar-refractivity contribution in [3.8, 4) is 0 Å². The number of ether oxygens (including phenoxy) is 2. The first-order valence-electron chi connectivity index (χ1n) is 6.51. The molecule has 0 aliphatic rings. The van der Waals surface area contributed by atoms with Gasteiger partial charge in [-0.25, -0.2) is 0 Å². The Hall–Kier alpha value is -2.51. The highest BCUT2D eigenvalue weighted by Crippen LogP contribution is 2.17. The maximum atomic E-state index is 11.6. The normalized spacial score (nSPS) is 10.3. The minimum atomic E-state index is -2.09. The molecule has 0 bridgehead atoms. The number of amides is 1. The van der Waals surface area contributed by atoms with Gasteiger partial charge in [-0.1, -0.05) is 13.5 Å². The first-order chi connectivity index (χ1) is 10.1. The topological polar surface area (TPSA) is 116 Å². The van der Waals surface area contributed by atoms with E-state index in [-0.39, 0.29) is 6.42 Å². The van der Waals surface area contributed by atoms with Gasteiger partial charge in [-0.2, -0.15) is 0 Å². The molecule has 22 heavy (non-hydrogen) atoms. The summed E-state index contributed by atoms with van der Waals surface area (Å²) >= 11 is 0. The lowest BCUT2D eigenvalue weighted by molar-refractivity contribution is -0.239. The molecule has 1 N–H and O–H groups in total. The molecule has 0 saturated heterocycles. The Morgan fingerprint density at radius 3 is 1.68 bits per heavy atom. The maximum Gasteiger partial charge on any atom is 0.342 e. The minimum Gasteiger partial charge on any atom is -0.403 e. The van der Waals surface area contributed by atoms with Crippen molar-refractivity contribution in [3.63, 3.8) is 0 Å². The van der Waals surface area contributed by atoms with Crippen molar-refractivity contribution in [2.45, 2.75) is 45.9 Å². The zero-order valence-electron chi connectivity index (χ0n) is 12.8. The maximum absolute atomic E-state index is 11.6. The van der Waals surface area contributed by atoms with Crippen LogP contribution in [0.4, 0.5) is 0 Å². The number of nitrogens with one attached hydrogen (secondary N) is 1. The number of carbonyl (C=O) groups excluding carboxylic acids is 5. The molecule has 8 heteroatoms. The van der Waals surface area contributed by atoms with Gasteiger partial charge < -0.3 is 9.47 Å².